The van der Waals surface area contributed by atoms with Crippen molar-refractivity contribution in [2.75, 3.05) is 5.43 Å². The van der Waals surface area contributed by atoms with Crippen LogP contribution in [0.5, 0.6) is 0 Å². The van der Waals surface area contributed by atoms with Gasteiger partial charge in [0.2, 0.25) is 0 Å². The van der Waals surface area contributed by atoms with Gasteiger partial charge in [-0.1, -0.05) is 17.7 Å². The first-order valence-corrected chi connectivity index (χ1v) is 8.16. The minimum absolute atomic E-state index is 0.750. The van der Waals surface area contributed by atoms with Crippen molar-refractivity contribution in [3.05, 3.63) is 28.8 Å². The average molecular weight is 289 g/mol. The minimum Gasteiger partial charge on any atom is -0.278 e. The van der Waals surface area contributed by atoms with Crippen molar-refractivity contribution in [3.8, 4) is 0 Å². The van der Waals surface area contributed by atoms with E-state index >= 15 is 0 Å². The second-order valence-electron chi connectivity index (χ2n) is 6.92. The van der Waals surface area contributed by atoms with Gasteiger partial charge in [-0.05, 0) is 80.4 Å². The highest BCUT2D eigenvalue weighted by molar-refractivity contribution is 6.31. The molecule has 0 heterocycles. The first-order chi connectivity index (χ1) is 9.69. The molecule has 0 atom stereocenters. The van der Waals surface area contributed by atoms with Gasteiger partial charge in [-0.15, -0.1) is 0 Å². The zero-order valence-electron chi connectivity index (χ0n) is 11.9. The Morgan fingerprint density at radius 1 is 1.05 bits per heavy atom. The summed E-state index contributed by atoms with van der Waals surface area (Å²) < 4.78 is 0. The summed E-state index contributed by atoms with van der Waals surface area (Å²) >= 11 is 6.17. The third kappa shape index (κ3) is 2.14. The molecular weight excluding hydrogens is 268 g/mol. The minimum atomic E-state index is 0.750. The lowest BCUT2D eigenvalue weighted by Crippen LogP contribution is -2.45. The highest BCUT2D eigenvalue weighted by Gasteiger charge is 2.46. The third-order valence-electron chi connectivity index (χ3n) is 5.46. The van der Waals surface area contributed by atoms with E-state index in [1.807, 2.05) is 19.1 Å². The quantitative estimate of drug-likeness (QED) is 0.771. The van der Waals surface area contributed by atoms with E-state index in [9.17, 15) is 0 Å². The summed E-state index contributed by atoms with van der Waals surface area (Å²) in [5.41, 5.74) is 6.80. The number of hydrazone groups is 1. The molecule has 0 radical (unpaired) electrons. The highest BCUT2D eigenvalue weighted by Crippen LogP contribution is 2.52. The van der Waals surface area contributed by atoms with Gasteiger partial charge in [0.25, 0.3) is 0 Å². The van der Waals surface area contributed by atoms with Crippen molar-refractivity contribution in [1.29, 1.82) is 0 Å². The number of benzene rings is 1. The monoisotopic (exact) mass is 288 g/mol. The molecule has 0 aliphatic heterocycles. The molecule has 1 N–H and O–H groups in total. The van der Waals surface area contributed by atoms with Crippen molar-refractivity contribution in [2.24, 2.45) is 28.8 Å². The number of rotatable bonds is 2. The average Bonchev–Trinajstić information content (AvgIpc) is 2.41. The Labute approximate surface area is 125 Å². The molecule has 20 heavy (non-hydrogen) atoms. The van der Waals surface area contributed by atoms with Gasteiger partial charge in [0.05, 0.1) is 5.69 Å². The van der Waals surface area contributed by atoms with Crippen molar-refractivity contribution in [3.63, 3.8) is 0 Å². The van der Waals surface area contributed by atoms with Crippen LogP contribution < -0.4 is 5.43 Å². The number of aryl methyl sites for hydroxylation is 1. The fourth-order valence-electron chi connectivity index (χ4n) is 4.64. The fraction of sp³-hybridized carbons (Fsp3) is 0.588. The second kappa shape index (κ2) is 4.77. The molecule has 4 saturated carbocycles. The van der Waals surface area contributed by atoms with Crippen molar-refractivity contribution in [1.82, 2.24) is 0 Å². The Kier molecular flexibility index (Phi) is 3.03. The number of hydrogen-bond donors (Lipinski definition) is 1. The zero-order valence-corrected chi connectivity index (χ0v) is 12.7. The molecular formula is C17H21ClN2. The Balaban J connectivity index is 1.54. The van der Waals surface area contributed by atoms with Gasteiger partial charge in [-0.3, -0.25) is 5.43 Å². The molecule has 2 nitrogen and oxygen atoms in total. The molecule has 4 aliphatic carbocycles. The molecule has 0 amide bonds. The SMILES string of the molecule is Cc1ccc(NN=C2C3CC4CC(C3)CC2C4)cc1Cl. The van der Waals surface area contributed by atoms with Crippen LogP contribution in [-0.2, 0) is 0 Å². The van der Waals surface area contributed by atoms with Gasteiger partial charge in [0, 0.05) is 10.7 Å². The number of nitrogens with one attached hydrogen (secondary N) is 1. The zero-order chi connectivity index (χ0) is 13.7. The summed E-state index contributed by atoms with van der Waals surface area (Å²) in [4.78, 5) is 0. The van der Waals surface area contributed by atoms with Gasteiger partial charge < -0.3 is 0 Å². The first kappa shape index (κ1) is 12.7. The topological polar surface area (TPSA) is 24.4 Å². The number of nitrogens with zero attached hydrogens (tertiary/aromatic N) is 1. The van der Waals surface area contributed by atoms with E-state index in [2.05, 4.69) is 11.5 Å². The normalized spacial score (nSPS) is 34.4. The Morgan fingerprint density at radius 3 is 2.30 bits per heavy atom. The van der Waals surface area contributed by atoms with E-state index < -0.39 is 0 Å². The molecule has 1 aromatic rings. The van der Waals surface area contributed by atoms with Crippen LogP contribution in [0.3, 0.4) is 0 Å². The van der Waals surface area contributed by atoms with Crippen LogP contribution in [0.15, 0.2) is 23.3 Å². The molecule has 4 bridgehead atoms. The first-order valence-electron chi connectivity index (χ1n) is 7.78. The molecule has 4 aliphatic rings. The van der Waals surface area contributed by atoms with Gasteiger partial charge in [0.1, 0.15) is 0 Å². The lowest BCUT2D eigenvalue weighted by molar-refractivity contribution is 0.108. The van der Waals surface area contributed by atoms with E-state index in [0.29, 0.717) is 0 Å². The van der Waals surface area contributed by atoms with Crippen LogP contribution in [0, 0.1) is 30.6 Å². The number of hydrogen-bond acceptors (Lipinski definition) is 2. The Hall–Kier alpha value is -1.02. The molecule has 5 rings (SSSR count). The van der Waals surface area contributed by atoms with Crippen LogP contribution in [0.2, 0.25) is 5.02 Å². The van der Waals surface area contributed by atoms with Crippen LogP contribution in [0.25, 0.3) is 0 Å². The van der Waals surface area contributed by atoms with E-state index in [-0.39, 0.29) is 0 Å². The maximum atomic E-state index is 6.17. The summed E-state index contributed by atoms with van der Waals surface area (Å²) in [6.45, 7) is 2.02. The summed E-state index contributed by atoms with van der Waals surface area (Å²) in [6.07, 6.45) is 7.00. The predicted octanol–water partition coefficient (Wildman–Crippen LogP) is 4.87. The molecule has 4 fully saturated rings. The molecule has 0 saturated heterocycles. The van der Waals surface area contributed by atoms with Crippen molar-refractivity contribution in [2.45, 2.75) is 39.0 Å². The highest BCUT2D eigenvalue weighted by atomic mass is 35.5. The van der Waals surface area contributed by atoms with E-state index in [1.165, 1.54) is 37.8 Å². The summed E-state index contributed by atoms with van der Waals surface area (Å²) in [5.74, 6) is 3.48. The van der Waals surface area contributed by atoms with E-state index in [4.69, 9.17) is 16.7 Å². The lowest BCUT2D eigenvalue weighted by atomic mass is 9.55. The van der Waals surface area contributed by atoms with Gasteiger partial charge in [-0.25, -0.2) is 0 Å². The molecule has 106 valence electrons. The van der Waals surface area contributed by atoms with Gasteiger partial charge in [-0.2, -0.15) is 5.10 Å². The van der Waals surface area contributed by atoms with Crippen LogP contribution in [-0.4, -0.2) is 5.71 Å². The van der Waals surface area contributed by atoms with Gasteiger partial charge in [0.15, 0.2) is 0 Å². The molecule has 1 aromatic carbocycles. The van der Waals surface area contributed by atoms with Crippen LogP contribution >= 0.6 is 11.6 Å². The van der Waals surface area contributed by atoms with E-state index in [0.717, 1.165) is 39.9 Å². The smallest absolute Gasteiger partial charge is 0.0576 e. The molecule has 0 aromatic heterocycles. The van der Waals surface area contributed by atoms with E-state index in [1.54, 1.807) is 0 Å². The lowest BCUT2D eigenvalue weighted by Gasteiger charge is -2.50. The summed E-state index contributed by atoms with van der Waals surface area (Å²) in [5, 5.41) is 5.58. The Morgan fingerprint density at radius 2 is 1.70 bits per heavy atom. The molecule has 0 unspecified atom stereocenters. The molecule has 3 heteroatoms. The Bertz CT molecular complexity index is 534. The van der Waals surface area contributed by atoms with Crippen molar-refractivity contribution < 1.29 is 0 Å². The number of halogens is 1. The van der Waals surface area contributed by atoms with Gasteiger partial charge >= 0.3 is 0 Å². The van der Waals surface area contributed by atoms with Crippen LogP contribution in [0.1, 0.15) is 37.7 Å². The maximum absolute atomic E-state index is 6.17. The predicted molar refractivity (Wildman–Crippen MR) is 84.3 cm³/mol. The maximum Gasteiger partial charge on any atom is 0.0576 e. The largest absolute Gasteiger partial charge is 0.278 e. The van der Waals surface area contributed by atoms with Crippen LogP contribution in [0.4, 0.5) is 5.69 Å². The number of anilines is 1. The molecule has 0 spiro atoms. The fourth-order valence-corrected chi connectivity index (χ4v) is 4.82. The standard InChI is InChI=1S/C17H21ClN2/c1-10-2-3-15(9-16(10)18)19-20-17-13-5-11-4-12(7-13)8-14(17)6-11/h2-3,9,11-14,19H,4-8H2,1H3. The van der Waals surface area contributed by atoms with Crippen molar-refractivity contribution >= 4 is 23.0 Å². The summed E-state index contributed by atoms with van der Waals surface area (Å²) in [7, 11) is 0. The third-order valence-corrected chi connectivity index (χ3v) is 5.87. The summed E-state index contributed by atoms with van der Waals surface area (Å²) in [6, 6.07) is 6.07. The second-order valence-corrected chi connectivity index (χ2v) is 7.32.